The molecule has 0 spiro atoms. The summed E-state index contributed by atoms with van der Waals surface area (Å²) in [6, 6.07) is 18.2. The molecule has 3 rings (SSSR count). The van der Waals surface area contributed by atoms with Crippen LogP contribution >= 0.6 is 0 Å². The normalized spacial score (nSPS) is 9.97. The highest BCUT2D eigenvalue weighted by molar-refractivity contribution is 6.17. The standard InChI is InChI=1S/C23H17BN4O2/c1-16-20(13-28(24)21-7-5-17(10-25)6-8-21)12-27-22(14-29)23(16)30-15-19-4-2-3-18(9-19)11-26/h2-9,12,14H,13,15H2,1H3. The average Bonchev–Trinajstić information content (AvgIpc) is 2.79. The van der Waals surface area contributed by atoms with Crippen LogP contribution in [0.25, 0.3) is 0 Å². The first-order chi connectivity index (χ1) is 14.5. The average molecular weight is 392 g/mol. The van der Waals surface area contributed by atoms with Crippen molar-refractivity contribution in [3.05, 3.63) is 88.2 Å². The second-order valence-electron chi connectivity index (χ2n) is 6.63. The van der Waals surface area contributed by atoms with Gasteiger partial charge in [0, 0.05) is 18.4 Å². The molecule has 0 saturated carbocycles. The molecule has 7 heteroatoms. The van der Waals surface area contributed by atoms with Crippen molar-refractivity contribution in [3.8, 4) is 17.9 Å². The smallest absolute Gasteiger partial charge is 0.227 e. The van der Waals surface area contributed by atoms with Crippen molar-refractivity contribution in [3.63, 3.8) is 0 Å². The highest BCUT2D eigenvalue weighted by Crippen LogP contribution is 2.27. The Morgan fingerprint density at radius 2 is 1.87 bits per heavy atom. The van der Waals surface area contributed by atoms with Crippen molar-refractivity contribution in [2.75, 3.05) is 4.81 Å². The molecule has 0 aliphatic carbocycles. The third-order valence-corrected chi connectivity index (χ3v) is 4.63. The molecule has 0 unspecified atom stereocenters. The Labute approximate surface area is 176 Å². The van der Waals surface area contributed by atoms with E-state index in [1.54, 1.807) is 48.7 Å². The van der Waals surface area contributed by atoms with Gasteiger partial charge in [-0.25, -0.2) is 4.98 Å². The Hall–Kier alpha value is -4.10. The van der Waals surface area contributed by atoms with Crippen molar-refractivity contribution in [2.45, 2.75) is 20.1 Å². The molecule has 144 valence electrons. The number of carbonyl (C=O) groups excluding carboxylic acids is 1. The Kier molecular flexibility index (Phi) is 6.47. The first-order valence-corrected chi connectivity index (χ1v) is 9.13. The summed E-state index contributed by atoms with van der Waals surface area (Å²) >= 11 is 0. The molecule has 0 fully saturated rings. The molecule has 3 aromatic rings. The van der Waals surface area contributed by atoms with E-state index in [4.69, 9.17) is 23.2 Å². The molecule has 0 saturated heterocycles. The van der Waals surface area contributed by atoms with Crippen LogP contribution in [0.1, 0.15) is 38.3 Å². The summed E-state index contributed by atoms with van der Waals surface area (Å²) in [5.74, 6) is 0.387. The van der Waals surface area contributed by atoms with Gasteiger partial charge in [0.1, 0.15) is 12.3 Å². The lowest BCUT2D eigenvalue weighted by molar-refractivity contribution is 0.111. The molecule has 0 atom stereocenters. The van der Waals surface area contributed by atoms with Gasteiger partial charge in [-0.3, -0.25) is 4.79 Å². The molecule has 2 radical (unpaired) electrons. The van der Waals surface area contributed by atoms with E-state index in [1.807, 2.05) is 13.0 Å². The Balaban J connectivity index is 1.82. The summed E-state index contributed by atoms with van der Waals surface area (Å²) in [6.07, 6.45) is 2.25. The second kappa shape index (κ2) is 9.40. The molecule has 30 heavy (non-hydrogen) atoms. The number of anilines is 1. The lowest BCUT2D eigenvalue weighted by Gasteiger charge is -2.22. The van der Waals surface area contributed by atoms with E-state index in [1.165, 1.54) is 4.81 Å². The number of ether oxygens (including phenoxy) is 1. The van der Waals surface area contributed by atoms with Gasteiger partial charge in [-0.1, -0.05) is 12.1 Å². The van der Waals surface area contributed by atoms with Crippen LogP contribution < -0.4 is 9.55 Å². The van der Waals surface area contributed by atoms with E-state index in [2.05, 4.69) is 17.1 Å². The van der Waals surface area contributed by atoms with Crippen LogP contribution in [0.5, 0.6) is 5.75 Å². The lowest BCUT2D eigenvalue weighted by Crippen LogP contribution is -2.19. The summed E-state index contributed by atoms with van der Waals surface area (Å²) in [5.41, 5.74) is 4.40. The van der Waals surface area contributed by atoms with Crippen LogP contribution in [0.4, 0.5) is 5.69 Å². The van der Waals surface area contributed by atoms with Crippen molar-refractivity contribution >= 4 is 20.0 Å². The lowest BCUT2D eigenvalue weighted by atomic mass is 10.1. The third kappa shape index (κ3) is 4.66. The maximum Gasteiger partial charge on any atom is 0.227 e. The maximum atomic E-state index is 11.5. The first-order valence-electron chi connectivity index (χ1n) is 9.13. The molecule has 0 N–H and O–H groups in total. The summed E-state index contributed by atoms with van der Waals surface area (Å²) in [7, 11) is 6.19. The topological polar surface area (TPSA) is 90.0 Å². The van der Waals surface area contributed by atoms with Crippen LogP contribution in [0.15, 0.2) is 54.7 Å². The predicted octanol–water partition coefficient (Wildman–Crippen LogP) is 3.61. The second-order valence-corrected chi connectivity index (χ2v) is 6.63. The van der Waals surface area contributed by atoms with Gasteiger partial charge in [0.25, 0.3) is 0 Å². The van der Waals surface area contributed by atoms with Gasteiger partial charge in [-0.2, -0.15) is 10.5 Å². The van der Waals surface area contributed by atoms with Gasteiger partial charge < -0.3 is 9.55 Å². The third-order valence-electron chi connectivity index (χ3n) is 4.63. The number of benzene rings is 2. The van der Waals surface area contributed by atoms with E-state index >= 15 is 0 Å². The van der Waals surface area contributed by atoms with E-state index in [9.17, 15) is 4.79 Å². The number of hydrogen-bond donors (Lipinski definition) is 0. The van der Waals surface area contributed by atoms with E-state index in [-0.39, 0.29) is 12.3 Å². The molecular weight excluding hydrogens is 375 g/mol. The maximum absolute atomic E-state index is 11.5. The van der Waals surface area contributed by atoms with Crippen molar-refractivity contribution in [2.24, 2.45) is 0 Å². The monoisotopic (exact) mass is 392 g/mol. The zero-order valence-corrected chi connectivity index (χ0v) is 16.4. The number of nitrogens with zero attached hydrogens (tertiary/aromatic N) is 4. The molecular formula is C23H17BN4O2. The minimum absolute atomic E-state index is 0.199. The van der Waals surface area contributed by atoms with Gasteiger partial charge >= 0.3 is 0 Å². The zero-order valence-electron chi connectivity index (χ0n) is 16.4. The van der Waals surface area contributed by atoms with Crippen molar-refractivity contribution < 1.29 is 9.53 Å². The molecule has 0 bridgehead atoms. The van der Waals surface area contributed by atoms with Gasteiger partial charge in [0.2, 0.25) is 7.98 Å². The van der Waals surface area contributed by atoms with Crippen LogP contribution in [-0.4, -0.2) is 19.3 Å². The highest BCUT2D eigenvalue weighted by Gasteiger charge is 2.14. The number of aromatic nitrogens is 1. The Morgan fingerprint density at radius 1 is 1.13 bits per heavy atom. The predicted molar refractivity (Wildman–Crippen MR) is 113 cm³/mol. The Bertz CT molecular complexity index is 1150. The number of pyridine rings is 1. The van der Waals surface area contributed by atoms with Crippen LogP contribution in [0.2, 0.25) is 0 Å². The van der Waals surface area contributed by atoms with Gasteiger partial charge in [0.05, 0.1) is 23.3 Å². The number of rotatable bonds is 7. The SMILES string of the molecule is [B]N(Cc1cnc(C=O)c(OCc2cccc(C#N)c2)c1C)c1ccc(C#N)cc1. The number of aldehydes is 1. The fraction of sp³-hybridized carbons (Fsp3) is 0.130. The van der Waals surface area contributed by atoms with Crippen LogP contribution in [0.3, 0.4) is 0 Å². The molecule has 0 amide bonds. The van der Waals surface area contributed by atoms with E-state index in [0.717, 1.165) is 22.4 Å². The van der Waals surface area contributed by atoms with E-state index in [0.29, 0.717) is 29.7 Å². The van der Waals surface area contributed by atoms with Gasteiger partial charge in [0.15, 0.2) is 12.0 Å². The summed E-state index contributed by atoms with van der Waals surface area (Å²) in [5, 5.41) is 18.0. The molecule has 1 aromatic heterocycles. The summed E-state index contributed by atoms with van der Waals surface area (Å²) < 4.78 is 5.90. The summed E-state index contributed by atoms with van der Waals surface area (Å²) in [6.45, 7) is 2.38. The minimum atomic E-state index is 0.199. The molecule has 2 aromatic carbocycles. The zero-order chi connectivity index (χ0) is 21.5. The number of hydrogen-bond acceptors (Lipinski definition) is 6. The minimum Gasteiger partial charge on any atom is -0.486 e. The van der Waals surface area contributed by atoms with Gasteiger partial charge in [-0.15, -0.1) is 0 Å². The van der Waals surface area contributed by atoms with Crippen LogP contribution in [-0.2, 0) is 13.2 Å². The van der Waals surface area contributed by atoms with E-state index < -0.39 is 0 Å². The van der Waals surface area contributed by atoms with Gasteiger partial charge in [-0.05, 0) is 60.0 Å². The number of nitriles is 2. The largest absolute Gasteiger partial charge is 0.486 e. The number of carbonyl (C=O) groups is 1. The first kappa shape index (κ1) is 20.6. The fourth-order valence-electron chi connectivity index (χ4n) is 2.95. The van der Waals surface area contributed by atoms with Crippen molar-refractivity contribution in [1.82, 2.24) is 4.98 Å². The highest BCUT2D eigenvalue weighted by atomic mass is 16.5. The molecule has 0 aliphatic rings. The quantitative estimate of drug-likeness (QED) is 0.451. The molecule has 0 aliphatic heterocycles. The van der Waals surface area contributed by atoms with Crippen molar-refractivity contribution in [1.29, 1.82) is 10.5 Å². The fourth-order valence-corrected chi connectivity index (χ4v) is 2.95. The van der Waals surface area contributed by atoms with Crippen LogP contribution in [0, 0.1) is 29.6 Å². The summed E-state index contributed by atoms with van der Waals surface area (Å²) in [4.78, 5) is 17.2. The molecule has 6 nitrogen and oxygen atoms in total. The Morgan fingerprint density at radius 3 is 2.53 bits per heavy atom. The molecule has 1 heterocycles.